The Kier molecular flexibility index (Phi) is 8.07. The number of ether oxygens (including phenoxy) is 1. The lowest BCUT2D eigenvalue weighted by Crippen LogP contribution is -2.38. The van der Waals surface area contributed by atoms with Crippen molar-refractivity contribution in [2.45, 2.75) is 53.1 Å². The summed E-state index contributed by atoms with van der Waals surface area (Å²) in [5.74, 6) is 1.54. The molecule has 0 radical (unpaired) electrons. The van der Waals surface area contributed by atoms with Crippen LogP contribution in [0.1, 0.15) is 58.6 Å². The van der Waals surface area contributed by atoms with Crippen molar-refractivity contribution in [3.05, 3.63) is 29.8 Å². The van der Waals surface area contributed by atoms with Crippen molar-refractivity contribution in [3.63, 3.8) is 0 Å². The molecule has 1 saturated heterocycles. The van der Waals surface area contributed by atoms with Crippen molar-refractivity contribution in [1.82, 2.24) is 4.90 Å². The molecule has 1 aromatic carbocycles. The fraction of sp³-hybridized carbons (Fsp3) is 0.714. The number of nitrogens with one attached hydrogen (secondary N) is 1. The molecule has 1 atom stereocenters. The Morgan fingerprint density at radius 2 is 1.96 bits per heavy atom. The highest BCUT2D eigenvalue weighted by atomic mass is 16.5. The molecule has 2 rings (SSSR count). The smallest absolute Gasteiger partial charge is 0.0953 e. The van der Waals surface area contributed by atoms with Crippen molar-refractivity contribution < 1.29 is 4.74 Å². The van der Waals surface area contributed by atoms with Crippen molar-refractivity contribution in [2.75, 3.05) is 38.1 Å². The van der Waals surface area contributed by atoms with E-state index < -0.39 is 0 Å². The first-order valence-corrected chi connectivity index (χ1v) is 9.72. The number of anilines is 1. The van der Waals surface area contributed by atoms with Crippen LogP contribution in [0.5, 0.6) is 0 Å². The molecule has 0 bridgehead atoms. The maximum atomic E-state index is 6.05. The third kappa shape index (κ3) is 6.82. The summed E-state index contributed by atoms with van der Waals surface area (Å²) in [5, 5.41) is 3.54. The second-order valence-corrected chi connectivity index (χ2v) is 7.93. The van der Waals surface area contributed by atoms with Gasteiger partial charge in [0.05, 0.1) is 12.7 Å². The van der Waals surface area contributed by atoms with E-state index in [1.807, 2.05) is 0 Å². The number of hydrogen-bond donors (Lipinski definition) is 1. The van der Waals surface area contributed by atoms with Crippen LogP contribution in [0.4, 0.5) is 5.69 Å². The average molecular weight is 333 g/mol. The molecular formula is C21H36N2O. The molecule has 136 valence electrons. The zero-order chi connectivity index (χ0) is 17.4. The summed E-state index contributed by atoms with van der Waals surface area (Å²) in [7, 11) is 0. The Balaban J connectivity index is 1.85. The second kappa shape index (κ2) is 10.0. The van der Waals surface area contributed by atoms with Gasteiger partial charge in [-0.2, -0.15) is 0 Å². The fourth-order valence-corrected chi connectivity index (χ4v) is 3.18. The largest absolute Gasteiger partial charge is 0.385 e. The van der Waals surface area contributed by atoms with E-state index in [0.717, 1.165) is 38.1 Å². The third-order valence-electron chi connectivity index (χ3n) is 4.72. The maximum absolute atomic E-state index is 6.05. The molecule has 1 N–H and O–H groups in total. The lowest BCUT2D eigenvalue weighted by molar-refractivity contribution is -0.0305. The molecule has 1 unspecified atom stereocenters. The Labute approximate surface area is 148 Å². The van der Waals surface area contributed by atoms with Gasteiger partial charge in [-0.05, 0) is 55.3 Å². The molecule has 0 aromatic heterocycles. The van der Waals surface area contributed by atoms with Gasteiger partial charge in [0, 0.05) is 25.3 Å². The van der Waals surface area contributed by atoms with E-state index in [4.69, 9.17) is 4.74 Å². The highest BCUT2D eigenvalue weighted by molar-refractivity contribution is 5.46. The van der Waals surface area contributed by atoms with Gasteiger partial charge in [-0.3, -0.25) is 4.90 Å². The number of benzene rings is 1. The monoisotopic (exact) mass is 332 g/mol. The van der Waals surface area contributed by atoms with Crippen molar-refractivity contribution in [1.29, 1.82) is 0 Å². The van der Waals surface area contributed by atoms with Crippen LogP contribution in [0.15, 0.2) is 24.3 Å². The quantitative estimate of drug-likeness (QED) is 0.692. The van der Waals surface area contributed by atoms with Gasteiger partial charge in [-0.25, -0.2) is 0 Å². The molecule has 0 spiro atoms. The second-order valence-electron chi connectivity index (χ2n) is 7.93. The molecular weight excluding hydrogens is 296 g/mol. The van der Waals surface area contributed by atoms with Crippen LogP contribution >= 0.6 is 0 Å². The van der Waals surface area contributed by atoms with Crippen LogP contribution < -0.4 is 5.32 Å². The number of nitrogens with zero attached hydrogens (tertiary/aromatic N) is 1. The molecule has 1 fully saturated rings. The van der Waals surface area contributed by atoms with E-state index >= 15 is 0 Å². The molecule has 1 aliphatic heterocycles. The third-order valence-corrected chi connectivity index (χ3v) is 4.72. The van der Waals surface area contributed by atoms with E-state index in [1.165, 1.54) is 37.1 Å². The molecule has 0 saturated carbocycles. The summed E-state index contributed by atoms with van der Waals surface area (Å²) in [6.07, 6.45) is 4.02. The van der Waals surface area contributed by atoms with Crippen LogP contribution in [-0.2, 0) is 4.74 Å². The van der Waals surface area contributed by atoms with Gasteiger partial charge in [-0.15, -0.1) is 0 Å². The minimum Gasteiger partial charge on any atom is -0.385 e. The predicted molar refractivity (Wildman–Crippen MR) is 104 cm³/mol. The Bertz CT molecular complexity index is 473. The van der Waals surface area contributed by atoms with Crippen LogP contribution in [0, 0.1) is 11.8 Å². The van der Waals surface area contributed by atoms with Gasteiger partial charge >= 0.3 is 0 Å². The van der Waals surface area contributed by atoms with E-state index in [0.29, 0.717) is 0 Å². The number of morpholine rings is 1. The summed E-state index contributed by atoms with van der Waals surface area (Å²) >= 11 is 0. The van der Waals surface area contributed by atoms with Crippen molar-refractivity contribution in [3.8, 4) is 0 Å². The number of rotatable bonds is 9. The van der Waals surface area contributed by atoms with Gasteiger partial charge in [0.2, 0.25) is 0 Å². The first kappa shape index (κ1) is 19.3. The molecule has 24 heavy (non-hydrogen) atoms. The highest BCUT2D eigenvalue weighted by Gasteiger charge is 2.21. The van der Waals surface area contributed by atoms with Gasteiger partial charge in [0.1, 0.15) is 0 Å². The van der Waals surface area contributed by atoms with Crippen LogP contribution in [0.25, 0.3) is 0 Å². The Hall–Kier alpha value is -1.06. The van der Waals surface area contributed by atoms with Gasteiger partial charge in [-0.1, -0.05) is 39.8 Å². The van der Waals surface area contributed by atoms with Crippen LogP contribution in [0.2, 0.25) is 0 Å². The Morgan fingerprint density at radius 3 is 2.71 bits per heavy atom. The lowest BCUT2D eigenvalue weighted by Gasteiger charge is -2.33. The zero-order valence-corrected chi connectivity index (χ0v) is 16.1. The standard InChI is InChI=1S/C21H36N2O/c1-17(2)7-6-12-23-13-14-24-21(16-23)19-8-5-9-20(15-19)22-11-10-18(3)4/h5,8-9,15,17-18,21-22H,6-7,10-14,16H2,1-4H3. The van der Waals surface area contributed by atoms with Crippen molar-refractivity contribution in [2.24, 2.45) is 11.8 Å². The Morgan fingerprint density at radius 1 is 1.17 bits per heavy atom. The summed E-state index contributed by atoms with van der Waals surface area (Å²) in [6, 6.07) is 8.78. The predicted octanol–water partition coefficient (Wildman–Crippen LogP) is 4.95. The fourth-order valence-electron chi connectivity index (χ4n) is 3.18. The zero-order valence-electron chi connectivity index (χ0n) is 16.1. The van der Waals surface area contributed by atoms with E-state index in [2.05, 4.69) is 62.2 Å². The summed E-state index contributed by atoms with van der Waals surface area (Å²) in [4.78, 5) is 2.56. The van der Waals surface area contributed by atoms with Crippen LogP contribution in [-0.4, -0.2) is 37.7 Å². The minimum absolute atomic E-state index is 0.213. The van der Waals surface area contributed by atoms with Gasteiger partial charge in [0.25, 0.3) is 0 Å². The van der Waals surface area contributed by atoms with Crippen LogP contribution in [0.3, 0.4) is 0 Å². The minimum atomic E-state index is 0.213. The van der Waals surface area contributed by atoms with Gasteiger partial charge < -0.3 is 10.1 Å². The molecule has 1 aromatic rings. The summed E-state index contributed by atoms with van der Waals surface area (Å²) in [5.41, 5.74) is 2.52. The summed E-state index contributed by atoms with van der Waals surface area (Å²) < 4.78 is 6.05. The molecule has 3 heteroatoms. The lowest BCUT2D eigenvalue weighted by atomic mass is 10.1. The topological polar surface area (TPSA) is 24.5 Å². The molecule has 0 amide bonds. The van der Waals surface area contributed by atoms with E-state index in [9.17, 15) is 0 Å². The van der Waals surface area contributed by atoms with Crippen molar-refractivity contribution >= 4 is 5.69 Å². The first-order valence-electron chi connectivity index (χ1n) is 9.72. The van der Waals surface area contributed by atoms with Gasteiger partial charge in [0.15, 0.2) is 0 Å². The maximum Gasteiger partial charge on any atom is 0.0953 e. The first-order chi connectivity index (χ1) is 11.5. The number of hydrogen-bond acceptors (Lipinski definition) is 3. The molecule has 1 heterocycles. The molecule has 3 nitrogen and oxygen atoms in total. The van der Waals surface area contributed by atoms with E-state index in [-0.39, 0.29) is 6.10 Å². The van der Waals surface area contributed by atoms with E-state index in [1.54, 1.807) is 0 Å². The molecule has 1 aliphatic rings. The normalized spacial score (nSPS) is 19.2. The SMILES string of the molecule is CC(C)CCCN1CCOC(c2cccc(NCCC(C)C)c2)C1. The molecule has 0 aliphatic carbocycles. The highest BCUT2D eigenvalue weighted by Crippen LogP contribution is 2.25. The summed E-state index contributed by atoms with van der Waals surface area (Å²) in [6.45, 7) is 14.3. The average Bonchev–Trinajstić information content (AvgIpc) is 2.55.